The van der Waals surface area contributed by atoms with Gasteiger partial charge in [0.1, 0.15) is 0 Å². The Labute approximate surface area is 130 Å². The van der Waals surface area contributed by atoms with Crippen LogP contribution in [0.5, 0.6) is 0 Å². The number of likely N-dealkylation sites (N-methyl/N-ethyl adjacent to an activating group) is 1. The predicted molar refractivity (Wildman–Crippen MR) is 85.0 cm³/mol. The van der Waals surface area contributed by atoms with Crippen LogP contribution in [-0.4, -0.2) is 48.0 Å². The predicted octanol–water partition coefficient (Wildman–Crippen LogP) is 2.53. The van der Waals surface area contributed by atoms with Crippen LogP contribution in [0.25, 0.3) is 10.8 Å². The zero-order chi connectivity index (χ0) is 15.1. The summed E-state index contributed by atoms with van der Waals surface area (Å²) in [6.07, 6.45) is 5.38. The van der Waals surface area contributed by atoms with Crippen molar-refractivity contribution in [3.63, 3.8) is 0 Å². The highest BCUT2D eigenvalue weighted by Gasteiger charge is 2.39. The number of nitrogens with zero attached hydrogens (tertiary/aromatic N) is 2. The lowest BCUT2D eigenvalue weighted by Gasteiger charge is -2.46. The van der Waals surface area contributed by atoms with Crippen LogP contribution in [0.4, 0.5) is 0 Å². The number of hydrogen-bond donors (Lipinski definition) is 0. The Bertz CT molecular complexity index is 696. The Morgan fingerprint density at radius 1 is 1.23 bits per heavy atom. The summed E-state index contributed by atoms with van der Waals surface area (Å²) in [4.78, 5) is 19.6. The summed E-state index contributed by atoms with van der Waals surface area (Å²) in [5, 5.41) is 2.05. The second kappa shape index (κ2) is 5.45. The van der Waals surface area contributed by atoms with Crippen LogP contribution in [0.2, 0.25) is 0 Å². The van der Waals surface area contributed by atoms with Gasteiger partial charge in [-0.1, -0.05) is 18.2 Å². The van der Waals surface area contributed by atoms with E-state index < -0.39 is 0 Å². The number of carbonyl (C=O) groups excluding carboxylic acids is 1. The summed E-state index contributed by atoms with van der Waals surface area (Å²) in [6, 6.07) is 8.61. The molecule has 0 aliphatic carbocycles. The molecule has 2 saturated heterocycles. The Balaban J connectivity index is 1.66. The number of piperidine rings is 1. The quantitative estimate of drug-likeness (QED) is 0.799. The molecule has 114 valence electrons. The van der Waals surface area contributed by atoms with Crippen molar-refractivity contribution in [3.8, 4) is 0 Å². The first kappa shape index (κ1) is 13.9. The fourth-order valence-electron chi connectivity index (χ4n) is 3.87. The van der Waals surface area contributed by atoms with Gasteiger partial charge in [0, 0.05) is 41.3 Å². The van der Waals surface area contributed by atoms with Crippen LogP contribution in [0, 0.1) is 5.92 Å². The summed E-state index contributed by atoms with van der Waals surface area (Å²) >= 11 is 0. The maximum atomic E-state index is 13.1. The first-order valence-corrected chi connectivity index (χ1v) is 7.90. The van der Waals surface area contributed by atoms with Crippen LogP contribution in [0.15, 0.2) is 36.7 Å². The first-order valence-electron chi connectivity index (χ1n) is 7.90. The van der Waals surface area contributed by atoms with Crippen LogP contribution >= 0.6 is 0 Å². The van der Waals surface area contributed by atoms with E-state index in [4.69, 9.17) is 4.74 Å². The molecule has 0 radical (unpaired) electrons. The molecular weight excluding hydrogens is 276 g/mol. The van der Waals surface area contributed by atoms with E-state index in [-0.39, 0.29) is 11.7 Å². The summed E-state index contributed by atoms with van der Waals surface area (Å²) in [7, 11) is 2.15. The zero-order valence-electron chi connectivity index (χ0n) is 12.7. The van der Waals surface area contributed by atoms with E-state index in [1.165, 1.54) is 0 Å². The molecule has 4 rings (SSSR count). The number of pyridine rings is 1. The molecule has 0 spiro atoms. The van der Waals surface area contributed by atoms with Crippen molar-refractivity contribution in [1.29, 1.82) is 0 Å². The number of aromatic nitrogens is 1. The minimum atomic E-state index is 0.105. The molecule has 2 aromatic rings. The van der Waals surface area contributed by atoms with E-state index in [0.29, 0.717) is 12.1 Å². The summed E-state index contributed by atoms with van der Waals surface area (Å²) in [6.45, 7) is 1.49. The van der Waals surface area contributed by atoms with E-state index in [9.17, 15) is 4.79 Å². The van der Waals surface area contributed by atoms with Gasteiger partial charge in [-0.05, 0) is 31.3 Å². The highest BCUT2D eigenvalue weighted by molar-refractivity contribution is 6.09. The van der Waals surface area contributed by atoms with Gasteiger partial charge in [0.05, 0.1) is 13.2 Å². The Kier molecular flexibility index (Phi) is 3.43. The number of hydrogen-bond acceptors (Lipinski definition) is 4. The molecule has 2 bridgehead atoms. The maximum absolute atomic E-state index is 13.1. The average molecular weight is 296 g/mol. The third-order valence-electron chi connectivity index (χ3n) is 5.20. The molecule has 0 N–H and O–H groups in total. The molecule has 2 atom stereocenters. The Morgan fingerprint density at radius 3 is 2.77 bits per heavy atom. The highest BCUT2D eigenvalue weighted by atomic mass is 16.5. The molecule has 1 aromatic carbocycles. The van der Waals surface area contributed by atoms with Gasteiger partial charge in [0.2, 0.25) is 0 Å². The molecule has 4 nitrogen and oxygen atoms in total. The summed E-state index contributed by atoms with van der Waals surface area (Å²) < 4.78 is 5.65. The fourth-order valence-corrected chi connectivity index (χ4v) is 3.87. The molecule has 0 saturated carbocycles. The zero-order valence-corrected chi connectivity index (χ0v) is 12.7. The highest BCUT2D eigenvalue weighted by Crippen LogP contribution is 2.33. The van der Waals surface area contributed by atoms with Gasteiger partial charge >= 0.3 is 0 Å². The molecule has 2 aliphatic rings. The van der Waals surface area contributed by atoms with Crippen molar-refractivity contribution in [2.24, 2.45) is 5.92 Å². The third-order valence-corrected chi connectivity index (χ3v) is 5.20. The van der Waals surface area contributed by atoms with Gasteiger partial charge in [-0.3, -0.25) is 14.7 Å². The molecule has 2 unspecified atom stereocenters. The Morgan fingerprint density at radius 2 is 2.00 bits per heavy atom. The summed E-state index contributed by atoms with van der Waals surface area (Å²) in [5.74, 6) is 0.385. The largest absolute Gasteiger partial charge is 0.378 e. The van der Waals surface area contributed by atoms with Crippen molar-refractivity contribution in [2.75, 3.05) is 20.3 Å². The first-order chi connectivity index (χ1) is 10.7. The van der Waals surface area contributed by atoms with E-state index in [0.717, 1.165) is 42.4 Å². The molecule has 2 fully saturated rings. The number of ether oxygens (including phenoxy) is 1. The van der Waals surface area contributed by atoms with E-state index in [1.54, 1.807) is 6.20 Å². The number of carbonyl (C=O) groups is 1. The minimum absolute atomic E-state index is 0.105. The Hall–Kier alpha value is -1.78. The molecule has 4 heteroatoms. The number of ketones is 1. The topological polar surface area (TPSA) is 42.4 Å². The molecule has 0 amide bonds. The van der Waals surface area contributed by atoms with Crippen molar-refractivity contribution in [1.82, 2.24) is 9.88 Å². The summed E-state index contributed by atoms with van der Waals surface area (Å²) in [5.41, 5.74) is 0.841. The lowest BCUT2D eigenvalue weighted by Crippen LogP contribution is -2.55. The smallest absolute Gasteiger partial charge is 0.166 e. The minimum Gasteiger partial charge on any atom is -0.378 e. The van der Waals surface area contributed by atoms with Gasteiger partial charge in [-0.15, -0.1) is 0 Å². The van der Waals surface area contributed by atoms with Crippen LogP contribution < -0.4 is 0 Å². The lowest BCUT2D eigenvalue weighted by atomic mass is 9.80. The second-order valence-electron chi connectivity index (χ2n) is 6.45. The fraction of sp³-hybridized carbons (Fsp3) is 0.444. The number of benzene rings is 1. The molecule has 1 aromatic heterocycles. The molecule has 22 heavy (non-hydrogen) atoms. The van der Waals surface area contributed by atoms with E-state index >= 15 is 0 Å². The number of morpholine rings is 1. The molecule has 3 heterocycles. The maximum Gasteiger partial charge on any atom is 0.166 e. The second-order valence-corrected chi connectivity index (χ2v) is 6.45. The lowest BCUT2D eigenvalue weighted by molar-refractivity contribution is -0.0702. The van der Waals surface area contributed by atoms with Gasteiger partial charge in [-0.2, -0.15) is 0 Å². The third kappa shape index (κ3) is 2.23. The van der Waals surface area contributed by atoms with Gasteiger partial charge < -0.3 is 4.74 Å². The van der Waals surface area contributed by atoms with Crippen LogP contribution in [0.1, 0.15) is 23.2 Å². The number of Topliss-reactive ketones (excluding diaryl/α,β-unsaturated/α-hetero) is 1. The number of rotatable bonds is 2. The van der Waals surface area contributed by atoms with E-state index in [1.807, 2.05) is 30.5 Å². The standard InChI is InChI=1S/C18H20N2O2/c1-20-14-7-13(8-15(20)11-22-10-14)18(21)17-4-2-3-12-9-19-6-5-16(12)17/h2-6,9,13-15H,7-8,10-11H2,1H3. The normalized spacial score (nSPS) is 28.7. The van der Waals surface area contributed by atoms with Gasteiger partial charge in [0.25, 0.3) is 0 Å². The van der Waals surface area contributed by atoms with Gasteiger partial charge in [-0.25, -0.2) is 0 Å². The van der Waals surface area contributed by atoms with Crippen LogP contribution in [0.3, 0.4) is 0 Å². The number of fused-ring (bicyclic) bond motifs is 3. The molecular formula is C18H20N2O2. The van der Waals surface area contributed by atoms with Crippen molar-refractivity contribution in [2.45, 2.75) is 24.9 Å². The average Bonchev–Trinajstić information content (AvgIpc) is 2.53. The monoisotopic (exact) mass is 296 g/mol. The van der Waals surface area contributed by atoms with Gasteiger partial charge in [0.15, 0.2) is 5.78 Å². The van der Waals surface area contributed by atoms with Crippen molar-refractivity contribution < 1.29 is 9.53 Å². The van der Waals surface area contributed by atoms with Crippen molar-refractivity contribution >= 4 is 16.6 Å². The van der Waals surface area contributed by atoms with E-state index in [2.05, 4.69) is 16.9 Å². The van der Waals surface area contributed by atoms with Crippen molar-refractivity contribution in [3.05, 3.63) is 42.2 Å². The van der Waals surface area contributed by atoms with Crippen LogP contribution in [-0.2, 0) is 4.74 Å². The molecule has 2 aliphatic heterocycles. The SMILES string of the molecule is CN1C2COCC1CC(C(=O)c1cccc3cnccc13)C2.